The normalized spacial score (nSPS) is 15.7. The molecule has 296 valence electrons. The largest absolute Gasteiger partial charge is 0.478 e. The van der Waals surface area contributed by atoms with Crippen LogP contribution in [0.2, 0.25) is 0 Å². The second-order valence-corrected chi connectivity index (χ2v) is 12.0. The summed E-state index contributed by atoms with van der Waals surface area (Å²) in [5.74, 6) is 4.10. The molecule has 4 N–H and O–H groups in total. The van der Waals surface area contributed by atoms with Crippen LogP contribution in [0.4, 0.5) is 26.3 Å². The van der Waals surface area contributed by atoms with Crippen LogP contribution in [0.25, 0.3) is 35.2 Å². The van der Waals surface area contributed by atoms with E-state index in [9.17, 15) is 35.9 Å². The Morgan fingerprint density at radius 2 is 1.16 bits per heavy atom. The van der Waals surface area contributed by atoms with Gasteiger partial charge < -0.3 is 14.6 Å². The van der Waals surface area contributed by atoms with E-state index in [2.05, 4.69) is 25.6 Å². The highest BCUT2D eigenvalue weighted by Crippen LogP contribution is 2.33. The number of nitrogens with one attached hydrogen (secondary N) is 1. The fourth-order valence-corrected chi connectivity index (χ4v) is 4.84. The van der Waals surface area contributed by atoms with Crippen molar-refractivity contribution in [1.29, 1.82) is 0 Å². The molecule has 0 spiro atoms. The summed E-state index contributed by atoms with van der Waals surface area (Å²) in [6, 6.07) is 7.15. The smallest absolute Gasteiger partial charge is 0.416 e. The van der Waals surface area contributed by atoms with E-state index < -0.39 is 29.4 Å². The summed E-state index contributed by atoms with van der Waals surface area (Å²) in [5, 5.41) is 20.0. The first-order chi connectivity index (χ1) is 26.0. The van der Waals surface area contributed by atoms with Gasteiger partial charge in [-0.3, -0.25) is 16.1 Å². The summed E-state index contributed by atoms with van der Waals surface area (Å²) in [5.41, 5.74) is 2.52. The second-order valence-electron chi connectivity index (χ2n) is 12.0. The average molecular weight is 781 g/mol. The number of rotatable bonds is 7. The molecule has 2 aromatic heterocycles. The molecule has 21 heteroatoms. The van der Waals surface area contributed by atoms with E-state index in [1.54, 1.807) is 29.9 Å². The standard InChI is InChI=1S/C17H18F3N5O2.C13H10F3N3O2.C4H10N2O/c1-12-8-13(10-14(9-12)17(18,19)20)16-21-11-25(23-16)3-2-15(26)22-24-4-6-27-7-5-24;1-8-4-9(6-10(5-8)13(14,15)16)12-17-7-19(18-12)3-2-11(20)21;5-6-1-3-7-4-2-6/h2-3,8-11H,4-7H2,1H3,(H,22,26);2-7H,1H3,(H,20,21);1-5H2/b2*3-2-;. The summed E-state index contributed by atoms with van der Waals surface area (Å²) in [6.07, 6.45) is -1.73. The molecule has 0 atom stereocenters. The van der Waals surface area contributed by atoms with Crippen LogP contribution in [0.5, 0.6) is 0 Å². The lowest BCUT2D eigenvalue weighted by Crippen LogP contribution is -2.47. The summed E-state index contributed by atoms with van der Waals surface area (Å²) >= 11 is 0. The molecular formula is C34H38F6N10O5. The third kappa shape index (κ3) is 14.0. The van der Waals surface area contributed by atoms with Crippen molar-refractivity contribution >= 4 is 24.3 Å². The number of benzene rings is 2. The Kier molecular flexibility index (Phi) is 14.8. The Morgan fingerprint density at radius 3 is 1.56 bits per heavy atom. The molecule has 4 heterocycles. The number of ether oxygens (including phenoxy) is 2. The van der Waals surface area contributed by atoms with E-state index in [0.29, 0.717) is 37.4 Å². The topological polar surface area (TPSA) is 179 Å². The third-order valence-electron chi connectivity index (χ3n) is 7.42. The molecule has 0 unspecified atom stereocenters. The van der Waals surface area contributed by atoms with Gasteiger partial charge in [0.25, 0.3) is 5.91 Å². The zero-order valence-corrected chi connectivity index (χ0v) is 29.6. The number of aromatic nitrogens is 6. The Morgan fingerprint density at radius 1 is 0.727 bits per heavy atom. The van der Waals surface area contributed by atoms with Gasteiger partial charge in [0.15, 0.2) is 11.6 Å². The number of hydrazine groups is 2. The molecule has 4 aromatic rings. The van der Waals surface area contributed by atoms with Crippen LogP contribution in [0.1, 0.15) is 22.3 Å². The Hall–Kier alpha value is -5.48. The Balaban J connectivity index is 0.000000212. The molecular weight excluding hydrogens is 742 g/mol. The van der Waals surface area contributed by atoms with Crippen LogP contribution < -0.4 is 11.3 Å². The number of carbonyl (C=O) groups excluding carboxylic acids is 1. The number of nitrogens with two attached hydrogens (primary N) is 1. The number of halogens is 6. The van der Waals surface area contributed by atoms with E-state index in [4.69, 9.17) is 20.4 Å². The highest BCUT2D eigenvalue weighted by atomic mass is 19.4. The first-order valence-electron chi connectivity index (χ1n) is 16.5. The predicted octanol–water partition coefficient (Wildman–Crippen LogP) is 4.13. The van der Waals surface area contributed by atoms with Crippen LogP contribution in [-0.4, -0.2) is 109 Å². The number of nitrogens with zero attached hydrogens (tertiary/aromatic N) is 8. The first kappa shape index (κ1) is 42.3. The van der Waals surface area contributed by atoms with E-state index in [1.165, 1.54) is 35.7 Å². The van der Waals surface area contributed by atoms with Crippen LogP contribution in [-0.2, 0) is 31.4 Å². The number of aliphatic carboxylic acids is 1. The number of morpholine rings is 2. The molecule has 2 aliphatic rings. The van der Waals surface area contributed by atoms with Gasteiger partial charge in [-0.2, -0.15) is 26.3 Å². The number of hydrogen-bond donors (Lipinski definition) is 3. The van der Waals surface area contributed by atoms with Crippen molar-refractivity contribution in [1.82, 2.24) is 45.0 Å². The van der Waals surface area contributed by atoms with E-state index >= 15 is 0 Å². The minimum absolute atomic E-state index is 0.0826. The molecule has 2 aromatic carbocycles. The van der Waals surface area contributed by atoms with Crippen molar-refractivity contribution in [3.63, 3.8) is 0 Å². The number of carboxylic acids is 1. The van der Waals surface area contributed by atoms with Crippen molar-refractivity contribution in [3.05, 3.63) is 83.5 Å². The number of alkyl halides is 6. The van der Waals surface area contributed by atoms with Crippen LogP contribution in [0.15, 0.2) is 61.2 Å². The van der Waals surface area contributed by atoms with Crippen LogP contribution >= 0.6 is 0 Å². The van der Waals surface area contributed by atoms with Crippen molar-refractivity contribution in [3.8, 4) is 22.8 Å². The zero-order chi connectivity index (χ0) is 40.2. The summed E-state index contributed by atoms with van der Waals surface area (Å²) in [7, 11) is 0. The fraction of sp³-hybridized carbons (Fsp3) is 0.353. The molecule has 0 aliphatic carbocycles. The number of hydrogen-bond acceptors (Lipinski definition) is 11. The van der Waals surface area contributed by atoms with Gasteiger partial charge in [-0.05, 0) is 61.4 Å². The predicted molar refractivity (Wildman–Crippen MR) is 186 cm³/mol. The van der Waals surface area contributed by atoms with Gasteiger partial charge in [0.2, 0.25) is 0 Å². The van der Waals surface area contributed by atoms with Gasteiger partial charge in [-0.15, -0.1) is 10.2 Å². The van der Waals surface area contributed by atoms with E-state index in [-0.39, 0.29) is 28.7 Å². The maximum atomic E-state index is 13.0. The molecule has 2 fully saturated rings. The quantitative estimate of drug-likeness (QED) is 0.139. The maximum Gasteiger partial charge on any atom is 0.416 e. The van der Waals surface area contributed by atoms with Crippen molar-refractivity contribution in [2.24, 2.45) is 5.84 Å². The van der Waals surface area contributed by atoms with Crippen molar-refractivity contribution in [2.75, 3.05) is 52.6 Å². The molecule has 55 heavy (non-hydrogen) atoms. The van der Waals surface area contributed by atoms with Gasteiger partial charge >= 0.3 is 18.3 Å². The Labute approximate surface area is 310 Å². The minimum atomic E-state index is -4.45. The minimum Gasteiger partial charge on any atom is -0.478 e. The first-order valence-corrected chi connectivity index (χ1v) is 16.5. The summed E-state index contributed by atoms with van der Waals surface area (Å²) in [4.78, 5) is 30.2. The lowest BCUT2D eigenvalue weighted by atomic mass is 10.1. The fourth-order valence-electron chi connectivity index (χ4n) is 4.84. The lowest BCUT2D eigenvalue weighted by molar-refractivity contribution is -0.138. The molecule has 2 saturated heterocycles. The number of carboxylic acid groups (broad SMARTS) is 1. The summed E-state index contributed by atoms with van der Waals surface area (Å²) < 4.78 is 89.7. The monoisotopic (exact) mass is 780 g/mol. The second kappa shape index (κ2) is 19.2. The molecule has 15 nitrogen and oxygen atoms in total. The highest BCUT2D eigenvalue weighted by Gasteiger charge is 2.32. The molecule has 6 rings (SSSR count). The van der Waals surface area contributed by atoms with Crippen molar-refractivity contribution < 1.29 is 50.5 Å². The average Bonchev–Trinajstić information content (AvgIpc) is 3.81. The number of amides is 1. The number of aryl methyl sites for hydroxylation is 2. The molecule has 2 aliphatic heterocycles. The van der Waals surface area contributed by atoms with Gasteiger partial charge in [0.1, 0.15) is 12.7 Å². The highest BCUT2D eigenvalue weighted by molar-refractivity contribution is 5.89. The summed E-state index contributed by atoms with van der Waals surface area (Å²) in [6.45, 7) is 8.74. The number of carbonyl (C=O) groups is 2. The molecule has 0 bridgehead atoms. The Bertz CT molecular complexity index is 1950. The van der Waals surface area contributed by atoms with Crippen LogP contribution in [0, 0.1) is 13.8 Å². The van der Waals surface area contributed by atoms with Crippen molar-refractivity contribution in [2.45, 2.75) is 26.2 Å². The van der Waals surface area contributed by atoms with Gasteiger partial charge in [-0.1, -0.05) is 0 Å². The molecule has 0 radical (unpaired) electrons. The van der Waals surface area contributed by atoms with Gasteiger partial charge in [-0.25, -0.2) is 34.1 Å². The third-order valence-corrected chi connectivity index (χ3v) is 7.42. The van der Waals surface area contributed by atoms with Crippen LogP contribution in [0.3, 0.4) is 0 Å². The van der Waals surface area contributed by atoms with Gasteiger partial charge in [0.05, 0.1) is 37.6 Å². The SMILES string of the molecule is Cc1cc(-c2ncn(/C=C\C(=O)NN3CCOCC3)n2)cc(C(F)(F)F)c1.Cc1cc(-c2ncn(/C=C\C(=O)O)n2)cc(C(F)(F)F)c1.NN1CCOCC1. The van der Waals surface area contributed by atoms with E-state index in [0.717, 1.165) is 67.5 Å². The van der Waals surface area contributed by atoms with E-state index in [1.807, 2.05) is 0 Å². The zero-order valence-electron chi connectivity index (χ0n) is 29.6. The molecule has 1 amide bonds. The van der Waals surface area contributed by atoms with Gasteiger partial charge in [0, 0.05) is 61.9 Å². The lowest BCUT2D eigenvalue weighted by Gasteiger charge is -2.26. The maximum absolute atomic E-state index is 13.0. The molecule has 0 saturated carbocycles.